The Labute approximate surface area is 181 Å². The van der Waals surface area contributed by atoms with Crippen LogP contribution in [0.15, 0.2) is 54.7 Å². The van der Waals surface area contributed by atoms with Crippen molar-refractivity contribution in [1.29, 1.82) is 0 Å². The van der Waals surface area contributed by atoms with Crippen molar-refractivity contribution in [2.75, 3.05) is 19.6 Å². The summed E-state index contributed by atoms with van der Waals surface area (Å²) in [4.78, 5) is 29.7. The zero-order valence-electron chi connectivity index (χ0n) is 17.0. The van der Waals surface area contributed by atoms with E-state index in [1.807, 2.05) is 48.7 Å². The molecule has 2 atom stereocenters. The van der Waals surface area contributed by atoms with Crippen LogP contribution >= 0.6 is 11.6 Å². The van der Waals surface area contributed by atoms with Crippen LogP contribution < -0.4 is 5.32 Å². The molecule has 156 valence electrons. The zero-order chi connectivity index (χ0) is 21.1. The molecule has 2 aromatic carbocycles. The van der Waals surface area contributed by atoms with Crippen molar-refractivity contribution < 1.29 is 9.59 Å². The molecule has 30 heavy (non-hydrogen) atoms. The minimum Gasteiger partial charge on any atom is -0.361 e. The van der Waals surface area contributed by atoms with E-state index in [0.29, 0.717) is 18.1 Å². The predicted octanol–water partition coefficient (Wildman–Crippen LogP) is 4.33. The first-order valence-corrected chi connectivity index (χ1v) is 10.8. The first kappa shape index (κ1) is 20.5. The van der Waals surface area contributed by atoms with Gasteiger partial charge in [0.2, 0.25) is 11.8 Å². The summed E-state index contributed by atoms with van der Waals surface area (Å²) in [7, 11) is 0. The number of para-hydroxylation sites is 1. The summed E-state index contributed by atoms with van der Waals surface area (Å²) in [6.07, 6.45) is 3.66. The maximum absolute atomic E-state index is 12.9. The summed E-state index contributed by atoms with van der Waals surface area (Å²) in [6, 6.07) is 15.9. The highest BCUT2D eigenvalue weighted by Crippen LogP contribution is 2.34. The molecule has 5 nitrogen and oxygen atoms in total. The average Bonchev–Trinajstić information content (AvgIpc) is 3.19. The molecule has 2 heterocycles. The fourth-order valence-corrected chi connectivity index (χ4v) is 4.62. The van der Waals surface area contributed by atoms with E-state index in [2.05, 4.69) is 16.4 Å². The molecule has 0 spiro atoms. The van der Waals surface area contributed by atoms with Gasteiger partial charge < -0.3 is 15.2 Å². The van der Waals surface area contributed by atoms with Crippen LogP contribution in [0.4, 0.5) is 0 Å². The number of carbonyl (C=O) groups is 2. The van der Waals surface area contributed by atoms with Crippen molar-refractivity contribution in [2.24, 2.45) is 5.92 Å². The van der Waals surface area contributed by atoms with Gasteiger partial charge in [-0.1, -0.05) is 48.0 Å². The molecular weight excluding hydrogens is 398 g/mol. The molecule has 6 heteroatoms. The summed E-state index contributed by atoms with van der Waals surface area (Å²) >= 11 is 6.54. The molecule has 2 N–H and O–H groups in total. The van der Waals surface area contributed by atoms with Crippen LogP contribution in [-0.2, 0) is 9.59 Å². The Morgan fingerprint density at radius 3 is 2.73 bits per heavy atom. The fourth-order valence-electron chi connectivity index (χ4n) is 4.35. The normalized spacial score (nSPS) is 17.7. The van der Waals surface area contributed by atoms with E-state index < -0.39 is 0 Å². The third kappa shape index (κ3) is 4.21. The van der Waals surface area contributed by atoms with E-state index >= 15 is 0 Å². The lowest BCUT2D eigenvalue weighted by molar-refractivity contribution is -0.133. The largest absolute Gasteiger partial charge is 0.361 e. The minimum atomic E-state index is -0.169. The number of H-pyrrole nitrogens is 1. The van der Waals surface area contributed by atoms with E-state index in [-0.39, 0.29) is 23.7 Å². The predicted molar refractivity (Wildman–Crippen MR) is 120 cm³/mol. The number of fused-ring (bicyclic) bond motifs is 1. The molecule has 1 saturated heterocycles. The number of aromatic amines is 1. The molecule has 0 saturated carbocycles. The summed E-state index contributed by atoms with van der Waals surface area (Å²) in [5.41, 5.74) is 3.14. The van der Waals surface area contributed by atoms with Gasteiger partial charge in [0.05, 0.1) is 5.92 Å². The van der Waals surface area contributed by atoms with Crippen LogP contribution in [0.25, 0.3) is 10.9 Å². The van der Waals surface area contributed by atoms with Gasteiger partial charge in [-0.05, 0) is 36.1 Å². The highest BCUT2D eigenvalue weighted by Gasteiger charge is 2.28. The van der Waals surface area contributed by atoms with Gasteiger partial charge in [-0.15, -0.1) is 0 Å². The molecule has 4 rings (SSSR count). The molecule has 0 radical (unpaired) electrons. The molecule has 3 aromatic rings. The second-order valence-electron chi connectivity index (χ2n) is 7.91. The third-order valence-corrected chi connectivity index (χ3v) is 6.34. The Hall–Kier alpha value is -2.79. The molecule has 1 aliphatic heterocycles. The first-order chi connectivity index (χ1) is 14.5. The Morgan fingerprint density at radius 2 is 1.93 bits per heavy atom. The van der Waals surface area contributed by atoms with E-state index in [0.717, 1.165) is 41.4 Å². The lowest BCUT2D eigenvalue weighted by atomic mass is 9.90. The number of amides is 2. The number of halogens is 1. The first-order valence-electron chi connectivity index (χ1n) is 10.4. The number of nitrogens with zero attached hydrogens (tertiary/aromatic N) is 1. The van der Waals surface area contributed by atoms with Gasteiger partial charge in [0.25, 0.3) is 0 Å². The van der Waals surface area contributed by atoms with Crippen molar-refractivity contribution in [2.45, 2.75) is 25.7 Å². The van der Waals surface area contributed by atoms with E-state index in [1.165, 1.54) is 0 Å². The number of carbonyl (C=O) groups excluding carboxylic acids is 2. The molecule has 0 bridgehead atoms. The minimum absolute atomic E-state index is 0.00200. The average molecular weight is 424 g/mol. The van der Waals surface area contributed by atoms with Crippen LogP contribution in [0.3, 0.4) is 0 Å². The van der Waals surface area contributed by atoms with Crippen LogP contribution in [-0.4, -0.2) is 41.3 Å². The number of hydrogen-bond acceptors (Lipinski definition) is 2. The Kier molecular flexibility index (Phi) is 6.09. The number of aromatic nitrogens is 1. The molecule has 0 aliphatic carbocycles. The standard InChI is InChI=1S/C24H26ClN3O2/c1-16(29)28-12-6-7-17(15-28)24(30)27-14-20(18-8-2-4-10-22(18)25)21-13-26-23-11-5-3-9-19(21)23/h2-5,8-11,13,17,20,26H,6-7,12,14-15H2,1H3,(H,27,30)/t17-,20-/m0/s1. The SMILES string of the molecule is CC(=O)N1CCC[C@H](C(=O)NC[C@@H](c2ccccc2Cl)c2c[nH]c3ccccc23)C1. The van der Waals surface area contributed by atoms with E-state index in [9.17, 15) is 9.59 Å². The molecule has 1 aromatic heterocycles. The maximum Gasteiger partial charge on any atom is 0.224 e. The van der Waals surface area contributed by atoms with Gasteiger partial charge in [-0.2, -0.15) is 0 Å². The number of likely N-dealkylation sites (tertiary alicyclic amines) is 1. The number of benzene rings is 2. The topological polar surface area (TPSA) is 65.2 Å². The van der Waals surface area contributed by atoms with Gasteiger partial charge in [0.1, 0.15) is 0 Å². The lowest BCUT2D eigenvalue weighted by Gasteiger charge is -2.31. The van der Waals surface area contributed by atoms with Crippen LogP contribution in [0.1, 0.15) is 36.8 Å². The summed E-state index contributed by atoms with van der Waals surface area (Å²) in [5.74, 6) is -0.220. The van der Waals surface area contributed by atoms with Gasteiger partial charge in [0.15, 0.2) is 0 Å². The Morgan fingerprint density at radius 1 is 1.17 bits per heavy atom. The number of rotatable bonds is 5. The lowest BCUT2D eigenvalue weighted by Crippen LogP contribution is -2.45. The van der Waals surface area contributed by atoms with Gasteiger partial charge in [-0.25, -0.2) is 0 Å². The van der Waals surface area contributed by atoms with E-state index in [4.69, 9.17) is 11.6 Å². The maximum atomic E-state index is 12.9. The van der Waals surface area contributed by atoms with Gasteiger partial charge in [0, 0.05) is 54.6 Å². The summed E-state index contributed by atoms with van der Waals surface area (Å²) < 4.78 is 0. The van der Waals surface area contributed by atoms with Crippen molar-refractivity contribution >= 4 is 34.3 Å². The zero-order valence-corrected chi connectivity index (χ0v) is 17.8. The molecule has 1 fully saturated rings. The van der Waals surface area contributed by atoms with Gasteiger partial charge in [-0.3, -0.25) is 9.59 Å². The van der Waals surface area contributed by atoms with Crippen LogP contribution in [0, 0.1) is 5.92 Å². The highest BCUT2D eigenvalue weighted by molar-refractivity contribution is 6.31. The van der Waals surface area contributed by atoms with Crippen LogP contribution in [0.5, 0.6) is 0 Å². The van der Waals surface area contributed by atoms with Crippen molar-refractivity contribution in [1.82, 2.24) is 15.2 Å². The molecule has 1 aliphatic rings. The molecule has 2 amide bonds. The van der Waals surface area contributed by atoms with Crippen molar-refractivity contribution in [3.8, 4) is 0 Å². The number of hydrogen-bond donors (Lipinski definition) is 2. The highest BCUT2D eigenvalue weighted by atomic mass is 35.5. The summed E-state index contributed by atoms with van der Waals surface area (Å²) in [6.45, 7) is 3.23. The third-order valence-electron chi connectivity index (χ3n) is 6.00. The number of piperidine rings is 1. The van der Waals surface area contributed by atoms with Crippen molar-refractivity contribution in [3.05, 3.63) is 70.9 Å². The molecule has 0 unspecified atom stereocenters. The summed E-state index contributed by atoms with van der Waals surface area (Å²) in [5, 5.41) is 4.95. The number of nitrogens with one attached hydrogen (secondary N) is 2. The second-order valence-corrected chi connectivity index (χ2v) is 8.32. The van der Waals surface area contributed by atoms with Crippen LogP contribution in [0.2, 0.25) is 5.02 Å². The second kappa shape index (κ2) is 8.92. The van der Waals surface area contributed by atoms with Crippen molar-refractivity contribution in [3.63, 3.8) is 0 Å². The Bertz CT molecular complexity index is 1060. The van der Waals surface area contributed by atoms with Gasteiger partial charge >= 0.3 is 0 Å². The Balaban J connectivity index is 1.57. The van der Waals surface area contributed by atoms with E-state index in [1.54, 1.807) is 11.8 Å². The smallest absolute Gasteiger partial charge is 0.224 e. The monoisotopic (exact) mass is 423 g/mol. The molecular formula is C24H26ClN3O2. The fraction of sp³-hybridized carbons (Fsp3) is 0.333. The quantitative estimate of drug-likeness (QED) is 0.641.